The number of carbonyl (C=O) groups excluding carboxylic acids is 1. The van der Waals surface area contributed by atoms with Gasteiger partial charge in [-0.15, -0.1) is 0 Å². The van der Waals surface area contributed by atoms with E-state index in [9.17, 15) is 14.0 Å². The van der Waals surface area contributed by atoms with Crippen molar-refractivity contribution in [3.8, 4) is 0 Å². The topological polar surface area (TPSA) is 59.3 Å². The van der Waals surface area contributed by atoms with E-state index in [0.29, 0.717) is 17.4 Å². The predicted molar refractivity (Wildman–Crippen MR) is 98.1 cm³/mol. The minimum absolute atomic E-state index is 0.0832. The van der Waals surface area contributed by atoms with Gasteiger partial charge in [0.1, 0.15) is 15.9 Å². The van der Waals surface area contributed by atoms with Crippen LogP contribution in [-0.4, -0.2) is 21.4 Å². The van der Waals surface area contributed by atoms with Crippen molar-refractivity contribution >= 4 is 45.9 Å². The molecule has 0 aliphatic heterocycles. The fourth-order valence-corrected chi connectivity index (χ4v) is 2.94. The molecule has 0 fully saturated rings. The Morgan fingerprint density at radius 1 is 1.04 bits per heavy atom. The summed E-state index contributed by atoms with van der Waals surface area (Å²) < 4.78 is 15.5. The maximum Gasteiger partial charge on any atom is 0.349 e. The smallest absolute Gasteiger partial charge is 0.349 e. The molecule has 0 saturated carbocycles. The van der Waals surface area contributed by atoms with E-state index in [0.717, 1.165) is 5.56 Å². The third kappa shape index (κ3) is 3.49. The first-order chi connectivity index (χ1) is 12.4. The second kappa shape index (κ2) is 7.32. The van der Waals surface area contributed by atoms with Gasteiger partial charge in [0, 0.05) is 29.2 Å². The first-order valence-corrected chi connectivity index (χ1v) is 8.29. The van der Waals surface area contributed by atoms with Gasteiger partial charge in [-0.3, -0.25) is 4.79 Å². The normalized spacial score (nSPS) is 12.1. The lowest BCUT2D eigenvalue weighted by Crippen LogP contribution is -2.05. The average molecular weight is 392 g/mol. The molecule has 0 aliphatic carbocycles. The van der Waals surface area contributed by atoms with Crippen LogP contribution in [0.5, 0.6) is 0 Å². The third-order valence-electron chi connectivity index (χ3n) is 3.86. The fourth-order valence-electron chi connectivity index (χ4n) is 2.67. The number of benzene rings is 2. The Bertz CT molecular complexity index is 1040. The van der Waals surface area contributed by atoms with E-state index in [-0.39, 0.29) is 5.56 Å². The molecule has 0 saturated heterocycles. The Labute approximate surface area is 158 Å². The lowest BCUT2D eigenvalue weighted by Gasteiger charge is -2.05. The van der Waals surface area contributed by atoms with Gasteiger partial charge in [0.05, 0.1) is 0 Å². The highest BCUT2D eigenvalue weighted by molar-refractivity contribution is 6.55. The number of fused-ring (bicyclic) bond motifs is 1. The highest BCUT2D eigenvalue weighted by atomic mass is 35.5. The maximum absolute atomic E-state index is 13.7. The van der Waals surface area contributed by atoms with Crippen LogP contribution < -0.4 is 0 Å². The van der Waals surface area contributed by atoms with Gasteiger partial charge in [0.25, 0.3) is 0 Å². The molecule has 0 radical (unpaired) electrons. The summed E-state index contributed by atoms with van der Waals surface area (Å²) in [6.45, 7) is 0.449. The second-order valence-electron chi connectivity index (χ2n) is 5.58. The molecular formula is C19H12Cl2FNO3. The van der Waals surface area contributed by atoms with Crippen LogP contribution in [0.4, 0.5) is 4.39 Å². The Morgan fingerprint density at radius 3 is 2.38 bits per heavy atom. The molecule has 3 rings (SSSR count). The van der Waals surface area contributed by atoms with E-state index in [4.69, 9.17) is 28.3 Å². The molecule has 0 amide bonds. The number of hydrogen-bond donors (Lipinski definition) is 1. The molecule has 132 valence electrons. The number of ketones is 1. The number of hydrogen-bond acceptors (Lipinski definition) is 2. The van der Waals surface area contributed by atoms with E-state index in [1.165, 1.54) is 18.3 Å². The number of aliphatic carboxylic acids is 1. The van der Waals surface area contributed by atoms with Crippen molar-refractivity contribution in [1.29, 1.82) is 0 Å². The Morgan fingerprint density at radius 2 is 1.73 bits per heavy atom. The first kappa shape index (κ1) is 18.2. The zero-order chi connectivity index (χ0) is 18.8. The van der Waals surface area contributed by atoms with Crippen molar-refractivity contribution in [3.05, 3.63) is 81.7 Å². The van der Waals surface area contributed by atoms with Crippen molar-refractivity contribution in [2.45, 2.75) is 6.54 Å². The molecule has 3 aromatic rings. The highest BCUT2D eigenvalue weighted by Gasteiger charge is 2.23. The first-order valence-electron chi connectivity index (χ1n) is 7.54. The SMILES string of the molecule is O=C(O)/C(Cl)=C(\Cl)C(=O)c1cn(Cc2ccccc2)c2ccc(F)cc12. The molecule has 0 atom stereocenters. The summed E-state index contributed by atoms with van der Waals surface area (Å²) >= 11 is 11.4. The molecule has 2 aromatic carbocycles. The summed E-state index contributed by atoms with van der Waals surface area (Å²) in [6, 6.07) is 13.6. The zero-order valence-electron chi connectivity index (χ0n) is 13.2. The molecule has 1 N–H and O–H groups in total. The highest BCUT2D eigenvalue weighted by Crippen LogP contribution is 2.28. The van der Waals surface area contributed by atoms with Crippen LogP contribution in [0.1, 0.15) is 15.9 Å². The van der Waals surface area contributed by atoms with Gasteiger partial charge >= 0.3 is 5.97 Å². The number of halogens is 3. The molecular weight excluding hydrogens is 380 g/mol. The predicted octanol–water partition coefficient (Wildman–Crippen LogP) is 4.79. The average Bonchev–Trinajstić information content (AvgIpc) is 2.98. The number of aromatic nitrogens is 1. The second-order valence-corrected chi connectivity index (χ2v) is 6.34. The van der Waals surface area contributed by atoms with Gasteiger partial charge in [0.15, 0.2) is 0 Å². The monoisotopic (exact) mass is 391 g/mol. The van der Waals surface area contributed by atoms with Crippen LogP contribution >= 0.6 is 23.2 Å². The summed E-state index contributed by atoms with van der Waals surface area (Å²) in [4.78, 5) is 23.6. The Balaban J connectivity index is 2.14. The van der Waals surface area contributed by atoms with E-state index in [1.807, 2.05) is 30.3 Å². The molecule has 4 nitrogen and oxygen atoms in total. The van der Waals surface area contributed by atoms with Gasteiger partial charge in [-0.1, -0.05) is 53.5 Å². The molecule has 0 spiro atoms. The van der Waals surface area contributed by atoms with Crippen molar-refractivity contribution in [2.75, 3.05) is 0 Å². The number of rotatable bonds is 5. The van der Waals surface area contributed by atoms with Gasteiger partial charge in [-0.05, 0) is 23.8 Å². The summed E-state index contributed by atoms with van der Waals surface area (Å²) in [5.74, 6) is -2.81. The Hall–Kier alpha value is -2.63. The fraction of sp³-hybridized carbons (Fsp3) is 0.0526. The number of carboxylic acids is 1. The summed E-state index contributed by atoms with van der Waals surface area (Å²) in [7, 11) is 0. The van der Waals surface area contributed by atoms with Crippen molar-refractivity contribution in [3.63, 3.8) is 0 Å². The van der Waals surface area contributed by atoms with Crippen LogP contribution in [0.2, 0.25) is 0 Å². The van der Waals surface area contributed by atoms with E-state index in [2.05, 4.69) is 0 Å². The van der Waals surface area contributed by atoms with E-state index < -0.39 is 27.6 Å². The molecule has 0 aliphatic rings. The molecule has 1 aromatic heterocycles. The minimum atomic E-state index is -1.51. The standard InChI is InChI=1S/C19H12Cl2FNO3/c20-16(17(21)19(25)26)18(24)14-10-23(9-11-4-2-1-3-5-11)15-7-6-12(22)8-13(14)15/h1-8,10H,9H2,(H,25,26)/b17-16+. The largest absolute Gasteiger partial charge is 0.477 e. The number of Topliss-reactive ketones (excluding diaryl/α,β-unsaturated/α-hetero) is 1. The van der Waals surface area contributed by atoms with Crippen molar-refractivity contribution in [2.24, 2.45) is 0 Å². The van der Waals surface area contributed by atoms with E-state index >= 15 is 0 Å². The van der Waals surface area contributed by atoms with Crippen LogP contribution in [0, 0.1) is 5.82 Å². The van der Waals surface area contributed by atoms with Crippen LogP contribution in [0.15, 0.2) is 64.8 Å². The lowest BCUT2D eigenvalue weighted by atomic mass is 10.1. The van der Waals surface area contributed by atoms with Crippen molar-refractivity contribution in [1.82, 2.24) is 4.57 Å². The van der Waals surface area contributed by atoms with E-state index in [1.54, 1.807) is 10.6 Å². The number of carbonyl (C=O) groups is 2. The third-order valence-corrected chi connectivity index (χ3v) is 4.67. The van der Waals surface area contributed by atoms with Crippen LogP contribution in [-0.2, 0) is 11.3 Å². The number of carboxylic acid groups (broad SMARTS) is 1. The van der Waals surface area contributed by atoms with Crippen LogP contribution in [0.3, 0.4) is 0 Å². The van der Waals surface area contributed by atoms with Gasteiger partial charge in [-0.2, -0.15) is 0 Å². The number of nitrogens with zero attached hydrogens (tertiary/aromatic N) is 1. The molecule has 0 unspecified atom stereocenters. The van der Waals surface area contributed by atoms with Gasteiger partial charge < -0.3 is 9.67 Å². The minimum Gasteiger partial charge on any atom is -0.477 e. The van der Waals surface area contributed by atoms with Gasteiger partial charge in [-0.25, -0.2) is 9.18 Å². The maximum atomic E-state index is 13.7. The van der Waals surface area contributed by atoms with Crippen LogP contribution in [0.25, 0.3) is 10.9 Å². The molecule has 0 bridgehead atoms. The lowest BCUT2D eigenvalue weighted by molar-refractivity contribution is -0.131. The van der Waals surface area contributed by atoms with Crippen molar-refractivity contribution < 1.29 is 19.1 Å². The quantitative estimate of drug-likeness (QED) is 0.502. The summed E-state index contributed by atoms with van der Waals surface area (Å²) in [5, 5.41) is 7.84. The molecule has 1 heterocycles. The van der Waals surface area contributed by atoms with Gasteiger partial charge in [0.2, 0.25) is 5.78 Å². The summed E-state index contributed by atoms with van der Waals surface area (Å²) in [6.07, 6.45) is 1.52. The Kier molecular flexibility index (Phi) is 5.11. The summed E-state index contributed by atoms with van der Waals surface area (Å²) in [5.41, 5.74) is 1.69. The molecule has 7 heteroatoms. The molecule has 26 heavy (non-hydrogen) atoms. The zero-order valence-corrected chi connectivity index (χ0v) is 14.8. The number of allylic oxidation sites excluding steroid dienone is 1.